The second kappa shape index (κ2) is 5.17. The quantitative estimate of drug-likeness (QED) is 0.316. The van der Waals surface area contributed by atoms with Gasteiger partial charge in [0.25, 0.3) is 0 Å². The van der Waals surface area contributed by atoms with Crippen LogP contribution in [0.15, 0.2) is 0 Å². The van der Waals surface area contributed by atoms with E-state index in [2.05, 4.69) is 7.90 Å². The first kappa shape index (κ1) is 9.36. The first-order chi connectivity index (χ1) is 4.22. The summed E-state index contributed by atoms with van der Waals surface area (Å²) in [5.74, 6) is -2.11. The van der Waals surface area contributed by atoms with E-state index < -0.39 is 11.9 Å². The lowest BCUT2D eigenvalue weighted by molar-refractivity contribution is -0.162. The van der Waals surface area contributed by atoms with Crippen LogP contribution in [0.5, 0.6) is 0 Å². The SMILES string of the molecule is O=C(OI)C(=O)ONI. The van der Waals surface area contributed by atoms with Crippen LogP contribution in [0.4, 0.5) is 0 Å². The van der Waals surface area contributed by atoms with Crippen molar-refractivity contribution in [1.82, 2.24) is 3.69 Å². The lowest BCUT2D eigenvalue weighted by atomic mass is 10.7. The van der Waals surface area contributed by atoms with Crippen LogP contribution in [-0.4, -0.2) is 11.9 Å². The first-order valence-corrected chi connectivity index (χ1v) is 3.57. The first-order valence-electron chi connectivity index (χ1n) is 1.61. The van der Waals surface area contributed by atoms with E-state index in [1.165, 1.54) is 23.0 Å². The fourth-order valence-electron chi connectivity index (χ4n) is 0.108. The molecule has 0 bridgehead atoms. The van der Waals surface area contributed by atoms with Gasteiger partial charge in [-0.3, -0.25) is 0 Å². The van der Waals surface area contributed by atoms with E-state index in [4.69, 9.17) is 0 Å². The van der Waals surface area contributed by atoms with Gasteiger partial charge in [0.05, 0.1) is 22.9 Å². The van der Waals surface area contributed by atoms with Crippen LogP contribution in [0.2, 0.25) is 0 Å². The fourth-order valence-corrected chi connectivity index (χ4v) is 0.488. The second-order valence-electron chi connectivity index (χ2n) is 0.831. The maximum Gasteiger partial charge on any atom is 0.437 e. The molecule has 0 rings (SSSR count). The second-order valence-corrected chi connectivity index (χ2v) is 1.71. The summed E-state index contributed by atoms with van der Waals surface area (Å²) < 4.78 is 5.98. The third-order valence-corrected chi connectivity index (χ3v) is 0.988. The average Bonchev–Trinajstić information content (AvgIpc) is 1.87. The van der Waals surface area contributed by atoms with Gasteiger partial charge in [0, 0.05) is 0 Å². The van der Waals surface area contributed by atoms with Gasteiger partial charge in [-0.1, -0.05) is 3.69 Å². The van der Waals surface area contributed by atoms with Gasteiger partial charge in [-0.25, -0.2) is 9.59 Å². The molecule has 0 aliphatic heterocycles. The van der Waals surface area contributed by atoms with E-state index in [-0.39, 0.29) is 0 Å². The van der Waals surface area contributed by atoms with Gasteiger partial charge in [0.1, 0.15) is 0 Å². The third-order valence-electron chi connectivity index (χ3n) is 0.368. The van der Waals surface area contributed by atoms with Crippen molar-refractivity contribution in [3.05, 3.63) is 0 Å². The molecule has 0 aromatic rings. The van der Waals surface area contributed by atoms with Crippen molar-refractivity contribution in [1.29, 1.82) is 0 Å². The van der Waals surface area contributed by atoms with E-state index in [1.807, 2.05) is 3.69 Å². The number of hydrogen-bond acceptors (Lipinski definition) is 5. The molecule has 9 heavy (non-hydrogen) atoms. The highest BCUT2D eigenvalue weighted by molar-refractivity contribution is 14.1. The highest BCUT2D eigenvalue weighted by atomic mass is 127. The molecular formula is C2HI2NO4. The van der Waals surface area contributed by atoms with Crippen LogP contribution < -0.4 is 3.69 Å². The fraction of sp³-hybridized carbons (Fsp3) is 0. The molecule has 0 aliphatic rings. The van der Waals surface area contributed by atoms with Crippen molar-refractivity contribution >= 4 is 57.8 Å². The molecule has 0 fully saturated rings. The lowest BCUT2D eigenvalue weighted by Gasteiger charge is -1.93. The van der Waals surface area contributed by atoms with Gasteiger partial charge in [0.15, 0.2) is 23.0 Å². The molecule has 0 unspecified atom stereocenters. The van der Waals surface area contributed by atoms with E-state index in [9.17, 15) is 9.59 Å². The number of halogens is 2. The average molecular weight is 357 g/mol. The van der Waals surface area contributed by atoms with Crippen LogP contribution in [0.1, 0.15) is 0 Å². The minimum atomic E-state index is -1.07. The zero-order valence-corrected chi connectivity index (χ0v) is 8.20. The van der Waals surface area contributed by atoms with Crippen LogP contribution in [0.25, 0.3) is 0 Å². The van der Waals surface area contributed by atoms with Crippen LogP contribution >= 0.6 is 45.9 Å². The molecule has 7 heteroatoms. The Balaban J connectivity index is 3.60. The van der Waals surface area contributed by atoms with Gasteiger partial charge in [-0.05, 0) is 0 Å². The Labute approximate surface area is 78.6 Å². The summed E-state index contributed by atoms with van der Waals surface area (Å²) in [4.78, 5) is 24.4. The molecular weight excluding hydrogens is 356 g/mol. The molecule has 0 amide bonds. The molecule has 5 nitrogen and oxygen atoms in total. The molecule has 52 valence electrons. The maximum atomic E-state index is 10.2. The summed E-state index contributed by atoms with van der Waals surface area (Å²) in [5.41, 5.74) is 0. The molecule has 1 N–H and O–H groups in total. The normalized spacial score (nSPS) is 8.22. The molecule has 0 atom stereocenters. The summed E-state index contributed by atoms with van der Waals surface area (Å²) >= 11 is 2.84. The van der Waals surface area contributed by atoms with Crippen molar-refractivity contribution < 1.29 is 17.5 Å². The molecule has 0 spiro atoms. The van der Waals surface area contributed by atoms with Crippen molar-refractivity contribution in [2.24, 2.45) is 0 Å². The van der Waals surface area contributed by atoms with Crippen molar-refractivity contribution in [2.75, 3.05) is 0 Å². The minimum Gasteiger partial charge on any atom is -0.386 e. The van der Waals surface area contributed by atoms with Crippen molar-refractivity contribution in [3.63, 3.8) is 0 Å². The van der Waals surface area contributed by atoms with Crippen LogP contribution in [0.3, 0.4) is 0 Å². The highest BCUT2D eigenvalue weighted by Crippen LogP contribution is 1.89. The third kappa shape index (κ3) is 3.86. The minimum absolute atomic E-state index is 1.04. The Morgan fingerprint density at radius 3 is 2.22 bits per heavy atom. The van der Waals surface area contributed by atoms with E-state index in [0.717, 1.165) is 0 Å². The van der Waals surface area contributed by atoms with Gasteiger partial charge < -0.3 is 7.90 Å². The number of hydrogen-bond donors (Lipinski definition) is 1. The number of rotatable bonds is 1. The summed E-state index contributed by atoms with van der Waals surface area (Å²) in [7, 11) is 0. The van der Waals surface area contributed by atoms with Crippen molar-refractivity contribution in [3.8, 4) is 0 Å². The van der Waals surface area contributed by atoms with Gasteiger partial charge in [-0.2, -0.15) is 0 Å². The molecule has 0 radical (unpaired) electrons. The van der Waals surface area contributed by atoms with E-state index >= 15 is 0 Å². The Morgan fingerprint density at radius 1 is 1.33 bits per heavy atom. The molecule has 0 heterocycles. The van der Waals surface area contributed by atoms with Crippen LogP contribution in [-0.2, 0) is 17.5 Å². The van der Waals surface area contributed by atoms with Gasteiger partial charge in [0.2, 0.25) is 0 Å². The largest absolute Gasteiger partial charge is 0.437 e. The number of carbonyl (C=O) groups excluding carboxylic acids is 2. The van der Waals surface area contributed by atoms with Gasteiger partial charge >= 0.3 is 11.9 Å². The monoisotopic (exact) mass is 357 g/mol. The summed E-state index contributed by atoms with van der Waals surface area (Å²) in [6, 6.07) is 0. The number of carbonyl (C=O) groups is 2. The Bertz CT molecular complexity index is 126. The Hall–Kier alpha value is 0.360. The van der Waals surface area contributed by atoms with Crippen LogP contribution in [0, 0.1) is 0 Å². The molecule has 0 saturated carbocycles. The topological polar surface area (TPSA) is 64.6 Å². The molecule has 0 aromatic heterocycles. The smallest absolute Gasteiger partial charge is 0.386 e. The van der Waals surface area contributed by atoms with Crippen molar-refractivity contribution in [2.45, 2.75) is 0 Å². The predicted octanol–water partition coefficient (Wildman–Crippen LogP) is 0.277. The van der Waals surface area contributed by atoms with Gasteiger partial charge in [-0.15, -0.1) is 0 Å². The lowest BCUT2D eigenvalue weighted by Crippen LogP contribution is -2.20. The standard InChI is InChI=1S/C2HI2NO4/c3-5-9-2(7)1(6)8-4/h5H. The predicted molar refractivity (Wildman–Crippen MR) is 43.4 cm³/mol. The highest BCUT2D eigenvalue weighted by Gasteiger charge is 2.15. The molecule has 0 aromatic carbocycles. The number of nitrogens with one attached hydrogen (secondary N) is 1. The zero-order valence-electron chi connectivity index (χ0n) is 3.89. The summed E-state index contributed by atoms with van der Waals surface area (Å²) in [5, 5.41) is 0. The molecule has 0 saturated heterocycles. The summed E-state index contributed by atoms with van der Waals surface area (Å²) in [6.07, 6.45) is 0. The zero-order chi connectivity index (χ0) is 7.28. The Kier molecular flexibility index (Phi) is 5.38. The maximum absolute atomic E-state index is 10.2. The van der Waals surface area contributed by atoms with E-state index in [0.29, 0.717) is 0 Å². The Morgan fingerprint density at radius 2 is 1.89 bits per heavy atom. The molecule has 0 aliphatic carbocycles. The summed E-state index contributed by atoms with van der Waals surface area (Å²) in [6.45, 7) is 0. The van der Waals surface area contributed by atoms with E-state index in [1.54, 1.807) is 22.9 Å².